The van der Waals surface area contributed by atoms with Crippen molar-refractivity contribution in [1.82, 2.24) is 9.55 Å². The van der Waals surface area contributed by atoms with Crippen LogP contribution in [0, 0.1) is 0 Å². The van der Waals surface area contributed by atoms with Crippen LogP contribution in [0.25, 0.3) is 16.6 Å². The van der Waals surface area contributed by atoms with E-state index in [2.05, 4.69) is 33.8 Å². The zero-order valence-electron chi connectivity index (χ0n) is 7.64. The summed E-state index contributed by atoms with van der Waals surface area (Å²) in [6.07, 6.45) is 6.06. The minimum atomic E-state index is 1.18. The van der Waals surface area contributed by atoms with E-state index in [4.69, 9.17) is 0 Å². The van der Waals surface area contributed by atoms with Gasteiger partial charge in [-0.25, -0.2) is 0 Å². The first kappa shape index (κ1) is 7.44. The highest BCUT2D eigenvalue weighted by Crippen LogP contribution is 2.17. The van der Waals surface area contributed by atoms with Crippen LogP contribution in [0.3, 0.4) is 0 Å². The van der Waals surface area contributed by atoms with Gasteiger partial charge in [-0.05, 0) is 36.4 Å². The van der Waals surface area contributed by atoms with Crippen molar-refractivity contribution in [2.75, 3.05) is 0 Å². The predicted octanol–water partition coefficient (Wildman–Crippen LogP) is 2.96. The summed E-state index contributed by atoms with van der Waals surface area (Å²) >= 11 is 0. The van der Waals surface area contributed by atoms with Crippen molar-refractivity contribution in [2.45, 2.75) is 0 Å². The summed E-state index contributed by atoms with van der Waals surface area (Å²) < 4.78 is 2.10. The summed E-state index contributed by atoms with van der Waals surface area (Å²) in [7, 11) is 0. The molecule has 2 heteroatoms. The van der Waals surface area contributed by atoms with Gasteiger partial charge >= 0.3 is 0 Å². The minimum Gasteiger partial charge on any atom is -0.361 e. The fourth-order valence-corrected chi connectivity index (χ4v) is 1.71. The molecule has 0 aliphatic carbocycles. The molecular formula is C12H10N2. The maximum absolute atomic E-state index is 3.18. The van der Waals surface area contributed by atoms with Gasteiger partial charge in [0.1, 0.15) is 0 Å². The Morgan fingerprint density at radius 2 is 1.86 bits per heavy atom. The number of rotatable bonds is 1. The molecule has 68 valence electrons. The average Bonchev–Trinajstić information content (AvgIpc) is 2.88. The molecule has 0 unspecified atom stereocenters. The molecule has 0 radical (unpaired) electrons. The lowest BCUT2D eigenvalue weighted by Gasteiger charge is -2.02. The normalized spacial score (nSPS) is 10.9. The van der Waals surface area contributed by atoms with Crippen LogP contribution < -0.4 is 0 Å². The third kappa shape index (κ3) is 1.04. The molecule has 1 N–H and O–H groups in total. The number of nitrogens with one attached hydrogen (secondary N) is 1. The van der Waals surface area contributed by atoms with Gasteiger partial charge in [0.2, 0.25) is 0 Å². The van der Waals surface area contributed by atoms with Crippen LogP contribution in [0.1, 0.15) is 0 Å². The van der Waals surface area contributed by atoms with Crippen LogP contribution in [0.15, 0.2) is 55.0 Å². The van der Waals surface area contributed by atoms with Gasteiger partial charge in [-0.15, -0.1) is 0 Å². The van der Waals surface area contributed by atoms with E-state index in [-0.39, 0.29) is 0 Å². The number of H-pyrrole nitrogens is 1. The molecule has 1 aromatic carbocycles. The topological polar surface area (TPSA) is 20.7 Å². The van der Waals surface area contributed by atoms with Crippen molar-refractivity contribution in [2.24, 2.45) is 0 Å². The van der Waals surface area contributed by atoms with Gasteiger partial charge in [-0.3, -0.25) is 0 Å². The van der Waals surface area contributed by atoms with Gasteiger partial charge in [-0.2, -0.15) is 0 Å². The molecule has 0 atom stereocenters. The molecular weight excluding hydrogens is 172 g/mol. The highest BCUT2D eigenvalue weighted by molar-refractivity contribution is 5.81. The number of fused-ring (bicyclic) bond motifs is 1. The van der Waals surface area contributed by atoms with Crippen molar-refractivity contribution in [1.29, 1.82) is 0 Å². The third-order valence-corrected chi connectivity index (χ3v) is 2.44. The van der Waals surface area contributed by atoms with E-state index >= 15 is 0 Å². The molecule has 0 amide bonds. The van der Waals surface area contributed by atoms with Crippen LogP contribution in [-0.2, 0) is 0 Å². The summed E-state index contributed by atoms with van der Waals surface area (Å²) in [4.78, 5) is 3.18. The van der Waals surface area contributed by atoms with Gasteiger partial charge in [0.15, 0.2) is 0 Å². The van der Waals surface area contributed by atoms with Gasteiger partial charge in [-0.1, -0.05) is 0 Å². The maximum Gasteiger partial charge on any atom is 0.0456 e. The molecule has 0 spiro atoms. The highest BCUT2D eigenvalue weighted by atomic mass is 14.9. The van der Waals surface area contributed by atoms with Crippen molar-refractivity contribution in [3.05, 3.63) is 55.0 Å². The summed E-state index contributed by atoms with van der Waals surface area (Å²) in [5.41, 5.74) is 2.38. The lowest BCUT2D eigenvalue weighted by atomic mass is 10.2. The number of hydrogen-bond acceptors (Lipinski definition) is 0. The molecule has 0 aliphatic rings. The number of benzene rings is 1. The van der Waals surface area contributed by atoms with Crippen LogP contribution in [-0.4, -0.2) is 9.55 Å². The number of hydrogen-bond donors (Lipinski definition) is 1. The Hall–Kier alpha value is -1.96. The summed E-state index contributed by atoms with van der Waals surface area (Å²) in [5, 5.41) is 1.25. The summed E-state index contributed by atoms with van der Waals surface area (Å²) in [6, 6.07) is 12.5. The maximum atomic E-state index is 3.18. The second-order valence-corrected chi connectivity index (χ2v) is 3.34. The van der Waals surface area contributed by atoms with Gasteiger partial charge in [0, 0.05) is 35.2 Å². The minimum absolute atomic E-state index is 1.18. The monoisotopic (exact) mass is 182 g/mol. The zero-order valence-corrected chi connectivity index (χ0v) is 7.64. The van der Waals surface area contributed by atoms with Gasteiger partial charge < -0.3 is 9.55 Å². The van der Waals surface area contributed by atoms with Crippen molar-refractivity contribution in [3.63, 3.8) is 0 Å². The van der Waals surface area contributed by atoms with Crippen molar-refractivity contribution < 1.29 is 0 Å². The molecule has 0 bridgehead atoms. The fourth-order valence-electron chi connectivity index (χ4n) is 1.71. The Labute approximate surface area is 81.8 Å². The van der Waals surface area contributed by atoms with E-state index in [1.54, 1.807) is 0 Å². The molecule has 0 saturated heterocycles. The van der Waals surface area contributed by atoms with E-state index in [1.165, 1.54) is 16.6 Å². The lowest BCUT2D eigenvalue weighted by molar-refractivity contribution is 1.08. The molecule has 0 aliphatic heterocycles. The van der Waals surface area contributed by atoms with Gasteiger partial charge in [0.05, 0.1) is 0 Å². The molecule has 3 rings (SSSR count). The highest BCUT2D eigenvalue weighted by Gasteiger charge is 1.97. The SMILES string of the molecule is c1ccn(-c2ccc3[nH]ccc3c2)c1. The zero-order chi connectivity index (χ0) is 9.38. The third-order valence-electron chi connectivity index (χ3n) is 2.44. The number of aromatic nitrogens is 2. The van der Waals surface area contributed by atoms with Crippen LogP contribution >= 0.6 is 0 Å². The van der Waals surface area contributed by atoms with E-state index in [0.717, 1.165) is 0 Å². The molecule has 0 saturated carbocycles. The first-order chi connectivity index (χ1) is 6.93. The quantitative estimate of drug-likeness (QED) is 0.597. The molecule has 3 aromatic rings. The second kappa shape index (κ2) is 2.77. The molecule has 2 heterocycles. The standard InChI is InChI=1S/C12H10N2/c1-2-8-14(7-1)11-3-4-12-10(9-11)5-6-13-12/h1-9,13H. The van der Waals surface area contributed by atoms with Crippen LogP contribution in [0.5, 0.6) is 0 Å². The molecule has 2 aromatic heterocycles. The Morgan fingerprint density at radius 3 is 2.71 bits per heavy atom. The molecule has 2 nitrogen and oxygen atoms in total. The van der Waals surface area contributed by atoms with E-state index < -0.39 is 0 Å². The Balaban J connectivity index is 2.23. The Kier molecular flexibility index (Phi) is 1.47. The number of nitrogens with zero attached hydrogens (tertiary/aromatic N) is 1. The van der Waals surface area contributed by atoms with Crippen LogP contribution in [0.4, 0.5) is 0 Å². The molecule has 0 fully saturated rings. The first-order valence-electron chi connectivity index (χ1n) is 4.64. The summed E-state index contributed by atoms with van der Waals surface area (Å²) in [5.74, 6) is 0. The second-order valence-electron chi connectivity index (χ2n) is 3.34. The van der Waals surface area contributed by atoms with Crippen LogP contribution in [0.2, 0.25) is 0 Å². The Bertz CT molecular complexity index is 546. The van der Waals surface area contributed by atoms with E-state index in [0.29, 0.717) is 0 Å². The number of aromatic amines is 1. The fraction of sp³-hybridized carbons (Fsp3) is 0. The van der Waals surface area contributed by atoms with Crippen molar-refractivity contribution in [3.8, 4) is 5.69 Å². The van der Waals surface area contributed by atoms with E-state index in [9.17, 15) is 0 Å². The molecule has 14 heavy (non-hydrogen) atoms. The predicted molar refractivity (Wildman–Crippen MR) is 57.6 cm³/mol. The Morgan fingerprint density at radius 1 is 1.00 bits per heavy atom. The van der Waals surface area contributed by atoms with Crippen molar-refractivity contribution >= 4 is 10.9 Å². The smallest absolute Gasteiger partial charge is 0.0456 e. The average molecular weight is 182 g/mol. The summed E-state index contributed by atoms with van der Waals surface area (Å²) in [6.45, 7) is 0. The first-order valence-corrected chi connectivity index (χ1v) is 4.64. The lowest BCUT2D eigenvalue weighted by Crippen LogP contribution is -1.87. The largest absolute Gasteiger partial charge is 0.361 e. The van der Waals surface area contributed by atoms with E-state index in [1.807, 2.05) is 30.7 Å². The van der Waals surface area contributed by atoms with Gasteiger partial charge in [0.25, 0.3) is 0 Å².